The zero-order valence-electron chi connectivity index (χ0n) is 21.0. The molecule has 2 heterocycles. The Morgan fingerprint density at radius 1 is 1.13 bits per heavy atom. The van der Waals surface area contributed by atoms with Gasteiger partial charge in [-0.25, -0.2) is 13.9 Å². The number of fused-ring (bicyclic) bond motifs is 1. The Balaban J connectivity index is 1.65. The molecule has 4 aromatic rings. The van der Waals surface area contributed by atoms with Crippen molar-refractivity contribution in [3.05, 3.63) is 106 Å². The average molecular weight is 531 g/mol. The molecular formula is C31H28ClFN2O3. The molecule has 0 spiro atoms. The van der Waals surface area contributed by atoms with Crippen LogP contribution in [-0.4, -0.2) is 27.5 Å². The van der Waals surface area contributed by atoms with Crippen LogP contribution in [-0.2, 0) is 9.53 Å². The monoisotopic (exact) mass is 530 g/mol. The third-order valence-electron chi connectivity index (χ3n) is 6.84. The molecule has 1 aliphatic heterocycles. The number of halogens is 2. The third kappa shape index (κ3) is 5.42. The summed E-state index contributed by atoms with van der Waals surface area (Å²) in [5.74, 6) is -1.38. The number of aliphatic carboxylic acids is 1. The first-order chi connectivity index (χ1) is 18.4. The van der Waals surface area contributed by atoms with Gasteiger partial charge in [-0.15, -0.1) is 0 Å². The van der Waals surface area contributed by atoms with Gasteiger partial charge in [0.2, 0.25) is 0 Å². The van der Waals surface area contributed by atoms with Gasteiger partial charge in [-0.3, -0.25) is 0 Å². The van der Waals surface area contributed by atoms with Gasteiger partial charge in [0.05, 0.1) is 16.7 Å². The summed E-state index contributed by atoms with van der Waals surface area (Å²) in [6.07, 6.45) is 8.27. The highest BCUT2D eigenvalue weighted by atomic mass is 35.5. The molecule has 1 unspecified atom stereocenters. The highest BCUT2D eigenvalue weighted by Crippen LogP contribution is 2.38. The first-order valence-electron chi connectivity index (χ1n) is 12.7. The Morgan fingerprint density at radius 2 is 1.92 bits per heavy atom. The van der Waals surface area contributed by atoms with E-state index >= 15 is 0 Å². The number of carbonyl (C=O) groups is 1. The zero-order valence-corrected chi connectivity index (χ0v) is 21.8. The van der Waals surface area contributed by atoms with Crippen LogP contribution in [0.1, 0.15) is 61.1 Å². The Bertz CT molecular complexity index is 1530. The number of benzene rings is 3. The van der Waals surface area contributed by atoms with Crippen molar-refractivity contribution < 1.29 is 19.0 Å². The van der Waals surface area contributed by atoms with Crippen LogP contribution in [0.15, 0.2) is 72.9 Å². The Labute approximate surface area is 225 Å². The fourth-order valence-corrected chi connectivity index (χ4v) is 5.32. The van der Waals surface area contributed by atoms with Gasteiger partial charge in [-0.1, -0.05) is 54.9 Å². The van der Waals surface area contributed by atoms with Crippen LogP contribution in [0, 0.1) is 5.82 Å². The second-order valence-electron chi connectivity index (χ2n) is 9.31. The molecule has 0 aliphatic carbocycles. The molecule has 1 fully saturated rings. The van der Waals surface area contributed by atoms with Crippen molar-refractivity contribution in [2.24, 2.45) is 0 Å². The van der Waals surface area contributed by atoms with Gasteiger partial charge in [0.15, 0.2) is 6.23 Å². The summed E-state index contributed by atoms with van der Waals surface area (Å²) in [7, 11) is 0. The van der Waals surface area contributed by atoms with E-state index in [2.05, 4.69) is 30.2 Å². The number of carboxylic acid groups (broad SMARTS) is 1. The molecule has 1 N–H and O–H groups in total. The van der Waals surface area contributed by atoms with E-state index in [9.17, 15) is 9.18 Å². The molecule has 1 saturated heterocycles. The lowest BCUT2D eigenvalue weighted by atomic mass is 9.87. The number of allylic oxidation sites excluding steroid dienone is 1. The molecule has 0 saturated carbocycles. The van der Waals surface area contributed by atoms with Gasteiger partial charge in [0.25, 0.3) is 0 Å². The molecular weight excluding hydrogens is 503 g/mol. The largest absolute Gasteiger partial charge is 0.478 e. The maximum absolute atomic E-state index is 13.9. The van der Waals surface area contributed by atoms with Crippen LogP contribution in [0.3, 0.4) is 0 Å². The molecule has 1 aromatic heterocycles. The zero-order chi connectivity index (χ0) is 26.6. The number of ether oxygens (including phenoxy) is 1. The molecule has 0 radical (unpaired) electrons. The highest BCUT2D eigenvalue weighted by Gasteiger charge is 2.20. The molecule has 194 valence electrons. The molecule has 38 heavy (non-hydrogen) atoms. The van der Waals surface area contributed by atoms with Gasteiger partial charge in [-0.2, -0.15) is 5.10 Å². The fraction of sp³-hybridized carbons (Fsp3) is 0.226. The van der Waals surface area contributed by atoms with Crippen molar-refractivity contribution in [3.63, 3.8) is 0 Å². The average Bonchev–Trinajstić information content (AvgIpc) is 3.35. The number of nitrogens with zero attached hydrogens (tertiary/aromatic N) is 2. The van der Waals surface area contributed by atoms with E-state index in [1.807, 2.05) is 35.1 Å². The van der Waals surface area contributed by atoms with E-state index in [0.717, 1.165) is 76.2 Å². The van der Waals surface area contributed by atoms with Crippen molar-refractivity contribution >= 4 is 45.7 Å². The van der Waals surface area contributed by atoms with E-state index < -0.39 is 5.97 Å². The summed E-state index contributed by atoms with van der Waals surface area (Å²) >= 11 is 6.54. The maximum atomic E-state index is 13.9. The maximum Gasteiger partial charge on any atom is 0.328 e. The summed E-state index contributed by atoms with van der Waals surface area (Å²) in [5, 5.41) is 15.0. The molecule has 7 heteroatoms. The predicted octanol–water partition coefficient (Wildman–Crippen LogP) is 7.99. The first-order valence-corrected chi connectivity index (χ1v) is 13.1. The molecule has 5 nitrogen and oxygen atoms in total. The van der Waals surface area contributed by atoms with Gasteiger partial charge in [-0.05, 0) is 89.4 Å². The molecule has 5 rings (SSSR count). The third-order valence-corrected chi connectivity index (χ3v) is 7.15. The lowest BCUT2D eigenvalue weighted by Crippen LogP contribution is -2.18. The van der Waals surface area contributed by atoms with Crippen LogP contribution in [0.25, 0.3) is 28.1 Å². The summed E-state index contributed by atoms with van der Waals surface area (Å²) in [5.41, 5.74) is 6.42. The van der Waals surface area contributed by atoms with Crippen LogP contribution < -0.4 is 0 Å². The minimum Gasteiger partial charge on any atom is -0.478 e. The van der Waals surface area contributed by atoms with Crippen LogP contribution in [0.2, 0.25) is 5.02 Å². The number of hydrogen-bond acceptors (Lipinski definition) is 3. The Morgan fingerprint density at radius 3 is 2.61 bits per heavy atom. The van der Waals surface area contributed by atoms with Crippen molar-refractivity contribution in [1.82, 2.24) is 9.78 Å². The lowest BCUT2D eigenvalue weighted by Gasteiger charge is -2.23. The van der Waals surface area contributed by atoms with Crippen LogP contribution in [0.4, 0.5) is 4.39 Å². The van der Waals surface area contributed by atoms with Gasteiger partial charge in [0.1, 0.15) is 5.82 Å². The molecule has 1 atom stereocenters. The number of rotatable bonds is 7. The summed E-state index contributed by atoms with van der Waals surface area (Å²) in [6, 6.07) is 18.4. The van der Waals surface area contributed by atoms with E-state index in [4.69, 9.17) is 21.4 Å². The summed E-state index contributed by atoms with van der Waals surface area (Å²) in [4.78, 5) is 10.9. The normalized spacial score (nSPS) is 16.7. The van der Waals surface area contributed by atoms with Crippen molar-refractivity contribution in [3.8, 4) is 0 Å². The van der Waals surface area contributed by atoms with Crippen molar-refractivity contribution in [1.29, 1.82) is 0 Å². The first kappa shape index (κ1) is 25.9. The predicted molar refractivity (Wildman–Crippen MR) is 149 cm³/mol. The fourth-order valence-electron chi connectivity index (χ4n) is 5.03. The van der Waals surface area contributed by atoms with E-state index in [1.54, 1.807) is 12.1 Å². The molecule has 1 aliphatic rings. The van der Waals surface area contributed by atoms with E-state index in [0.29, 0.717) is 11.4 Å². The second kappa shape index (κ2) is 11.3. The summed E-state index contributed by atoms with van der Waals surface area (Å²) in [6.45, 7) is 2.79. The molecule has 0 bridgehead atoms. The Hall–Kier alpha value is -3.74. The van der Waals surface area contributed by atoms with E-state index in [-0.39, 0.29) is 12.0 Å². The topological polar surface area (TPSA) is 64.3 Å². The molecule has 3 aromatic carbocycles. The van der Waals surface area contributed by atoms with Gasteiger partial charge in [0, 0.05) is 18.1 Å². The van der Waals surface area contributed by atoms with Crippen LogP contribution in [0.5, 0.6) is 0 Å². The summed E-state index contributed by atoms with van der Waals surface area (Å²) < 4.78 is 21.8. The SMILES string of the molecule is CCC(=C(c1ccc(C=CC(=O)O)cc1)c1ccc2c(cnn2C2CCCCO2)c1)c1ccc(F)cc1Cl. The van der Waals surface area contributed by atoms with Crippen molar-refractivity contribution in [2.45, 2.75) is 38.8 Å². The number of hydrogen-bond donors (Lipinski definition) is 1. The van der Waals surface area contributed by atoms with Gasteiger partial charge >= 0.3 is 5.97 Å². The standard InChI is InChI=1S/C31H28ClFN2O3/c1-2-25(26-13-12-24(33)18-27(26)32)31(21-9-6-20(7-10-21)8-15-30(36)37)22-11-14-28-23(17-22)19-34-35(28)29-5-3-4-16-38-29/h6-15,17-19,29H,2-5,16H2,1H3,(H,36,37). The number of aromatic nitrogens is 2. The lowest BCUT2D eigenvalue weighted by molar-refractivity contribution is -0.131. The van der Waals surface area contributed by atoms with E-state index in [1.165, 1.54) is 12.1 Å². The minimum atomic E-state index is -0.999. The smallest absolute Gasteiger partial charge is 0.328 e. The Kier molecular flexibility index (Phi) is 7.72. The second-order valence-corrected chi connectivity index (χ2v) is 9.72. The van der Waals surface area contributed by atoms with Crippen LogP contribution >= 0.6 is 11.6 Å². The number of carboxylic acids is 1. The minimum absolute atomic E-state index is 0.0576. The van der Waals surface area contributed by atoms with Gasteiger partial charge < -0.3 is 9.84 Å². The highest BCUT2D eigenvalue weighted by molar-refractivity contribution is 6.32. The van der Waals surface area contributed by atoms with Crippen molar-refractivity contribution in [2.75, 3.05) is 6.61 Å². The quantitative estimate of drug-likeness (QED) is 0.194. The molecule has 0 amide bonds.